The zero-order chi connectivity index (χ0) is 18.9. The van der Waals surface area contributed by atoms with Crippen LogP contribution in [0, 0.1) is 0 Å². The minimum atomic E-state index is 0. The number of rotatable bonds is 7. The average molecular weight is 497 g/mol. The quantitative estimate of drug-likeness (QED) is 0.350. The molecule has 0 bridgehead atoms. The summed E-state index contributed by atoms with van der Waals surface area (Å²) >= 11 is 0. The highest BCUT2D eigenvalue weighted by molar-refractivity contribution is 14.0. The summed E-state index contributed by atoms with van der Waals surface area (Å²) in [6, 6.07) is 15.1. The van der Waals surface area contributed by atoms with Gasteiger partial charge in [0.05, 0.1) is 6.26 Å². The summed E-state index contributed by atoms with van der Waals surface area (Å²) in [7, 11) is 1.81. The van der Waals surface area contributed by atoms with Gasteiger partial charge in [0.25, 0.3) is 0 Å². The summed E-state index contributed by atoms with van der Waals surface area (Å²) in [5.41, 5.74) is 1.32. The fourth-order valence-electron chi connectivity index (χ4n) is 3.41. The van der Waals surface area contributed by atoms with Crippen LogP contribution in [-0.4, -0.2) is 63.2 Å². The van der Waals surface area contributed by atoms with Crippen LogP contribution in [-0.2, 0) is 6.42 Å². The van der Waals surface area contributed by atoms with E-state index < -0.39 is 0 Å². The van der Waals surface area contributed by atoms with Crippen LogP contribution in [0.25, 0.3) is 0 Å². The van der Waals surface area contributed by atoms with E-state index in [-0.39, 0.29) is 24.0 Å². The summed E-state index contributed by atoms with van der Waals surface area (Å²) in [6.45, 7) is 8.28. The number of nitrogens with one attached hydrogen (secondary N) is 2. The molecule has 7 heteroatoms. The number of benzene rings is 1. The van der Waals surface area contributed by atoms with Crippen molar-refractivity contribution in [2.24, 2.45) is 4.99 Å². The van der Waals surface area contributed by atoms with Crippen molar-refractivity contribution in [1.82, 2.24) is 15.5 Å². The average Bonchev–Trinajstić information content (AvgIpc) is 3.24. The highest BCUT2D eigenvalue weighted by Crippen LogP contribution is 2.16. The molecule has 1 atom stereocenters. The molecule has 28 heavy (non-hydrogen) atoms. The van der Waals surface area contributed by atoms with Crippen molar-refractivity contribution in [2.45, 2.75) is 19.4 Å². The molecule has 1 aliphatic heterocycles. The first-order valence-corrected chi connectivity index (χ1v) is 9.77. The number of aliphatic imine (C=N–C) groups is 1. The maximum Gasteiger partial charge on any atom is 0.191 e. The summed E-state index contributed by atoms with van der Waals surface area (Å²) in [4.78, 5) is 9.32. The van der Waals surface area contributed by atoms with E-state index in [2.05, 4.69) is 62.7 Å². The third-order valence-electron chi connectivity index (χ3n) is 5.09. The van der Waals surface area contributed by atoms with Crippen LogP contribution in [0.5, 0.6) is 0 Å². The number of nitrogens with zero attached hydrogens (tertiary/aromatic N) is 3. The molecule has 3 rings (SSSR count). The molecule has 0 saturated carbocycles. The lowest BCUT2D eigenvalue weighted by Crippen LogP contribution is -2.53. The minimum Gasteiger partial charge on any atom is -0.469 e. The number of halogens is 1. The molecule has 1 unspecified atom stereocenters. The van der Waals surface area contributed by atoms with Crippen molar-refractivity contribution in [1.29, 1.82) is 0 Å². The van der Waals surface area contributed by atoms with Gasteiger partial charge in [-0.1, -0.05) is 18.2 Å². The van der Waals surface area contributed by atoms with E-state index in [4.69, 9.17) is 4.42 Å². The van der Waals surface area contributed by atoms with Crippen molar-refractivity contribution in [3.63, 3.8) is 0 Å². The number of anilines is 1. The predicted octanol–water partition coefficient (Wildman–Crippen LogP) is 2.82. The summed E-state index contributed by atoms with van der Waals surface area (Å²) in [6.07, 6.45) is 2.56. The number of piperazine rings is 1. The third-order valence-corrected chi connectivity index (χ3v) is 5.09. The van der Waals surface area contributed by atoms with Gasteiger partial charge in [-0.3, -0.25) is 9.89 Å². The second-order valence-corrected chi connectivity index (χ2v) is 6.92. The molecular formula is C21H32IN5O. The minimum absolute atomic E-state index is 0. The number of para-hydroxylation sites is 1. The zero-order valence-electron chi connectivity index (χ0n) is 16.8. The van der Waals surface area contributed by atoms with Crippen LogP contribution in [0.3, 0.4) is 0 Å². The molecule has 1 aliphatic rings. The molecule has 6 nitrogen and oxygen atoms in total. The van der Waals surface area contributed by atoms with Crippen LogP contribution in [0.4, 0.5) is 5.69 Å². The van der Waals surface area contributed by atoms with Crippen molar-refractivity contribution in [3.05, 3.63) is 54.5 Å². The first kappa shape index (κ1) is 22.5. The molecule has 1 aromatic carbocycles. The van der Waals surface area contributed by atoms with Crippen molar-refractivity contribution in [3.8, 4) is 0 Å². The first-order chi connectivity index (χ1) is 13.3. The van der Waals surface area contributed by atoms with Gasteiger partial charge < -0.3 is 20.0 Å². The van der Waals surface area contributed by atoms with Gasteiger partial charge in [0.1, 0.15) is 5.76 Å². The predicted molar refractivity (Wildman–Crippen MR) is 127 cm³/mol. The zero-order valence-corrected chi connectivity index (χ0v) is 19.1. The van der Waals surface area contributed by atoms with Crippen LogP contribution >= 0.6 is 24.0 Å². The van der Waals surface area contributed by atoms with Gasteiger partial charge in [0.15, 0.2) is 5.96 Å². The van der Waals surface area contributed by atoms with E-state index in [0.29, 0.717) is 6.04 Å². The summed E-state index contributed by atoms with van der Waals surface area (Å²) < 4.78 is 5.36. The molecular weight excluding hydrogens is 465 g/mol. The van der Waals surface area contributed by atoms with Crippen LogP contribution < -0.4 is 15.5 Å². The number of furan rings is 1. The van der Waals surface area contributed by atoms with Gasteiger partial charge in [-0.2, -0.15) is 0 Å². The Hall–Kier alpha value is -1.74. The number of hydrogen-bond acceptors (Lipinski definition) is 4. The third kappa shape index (κ3) is 6.70. The largest absolute Gasteiger partial charge is 0.469 e. The topological polar surface area (TPSA) is 56.0 Å². The highest BCUT2D eigenvalue weighted by atomic mass is 127. The van der Waals surface area contributed by atoms with Crippen molar-refractivity contribution < 1.29 is 4.42 Å². The first-order valence-electron chi connectivity index (χ1n) is 9.77. The van der Waals surface area contributed by atoms with Gasteiger partial charge in [0, 0.05) is 64.5 Å². The van der Waals surface area contributed by atoms with Gasteiger partial charge in [-0.05, 0) is 31.2 Å². The standard InChI is InChI=1S/C21H31N5O.HI/c1-18(17-24-21(22-2)23-11-10-20-9-6-16-27-20)25-12-14-26(15-13-25)19-7-4-3-5-8-19;/h3-9,16,18H,10-15,17H2,1-2H3,(H2,22,23,24);1H. The normalized spacial score (nSPS) is 16.4. The summed E-state index contributed by atoms with van der Waals surface area (Å²) in [5.74, 6) is 1.83. The highest BCUT2D eigenvalue weighted by Gasteiger charge is 2.21. The fourth-order valence-corrected chi connectivity index (χ4v) is 3.41. The van der Waals surface area contributed by atoms with Crippen molar-refractivity contribution >= 4 is 35.6 Å². The molecule has 1 aromatic heterocycles. The van der Waals surface area contributed by atoms with Crippen LogP contribution in [0.1, 0.15) is 12.7 Å². The van der Waals surface area contributed by atoms with E-state index in [9.17, 15) is 0 Å². The maximum absolute atomic E-state index is 5.36. The van der Waals surface area contributed by atoms with E-state index in [1.165, 1.54) is 5.69 Å². The Kier molecular flexibility index (Phi) is 9.63. The Morgan fingerprint density at radius 3 is 2.46 bits per heavy atom. The van der Waals surface area contributed by atoms with Crippen LogP contribution in [0.15, 0.2) is 58.1 Å². The lowest BCUT2D eigenvalue weighted by molar-refractivity contribution is 0.197. The Balaban J connectivity index is 0.00000280. The second-order valence-electron chi connectivity index (χ2n) is 6.92. The molecule has 1 fully saturated rings. The molecule has 0 amide bonds. The smallest absolute Gasteiger partial charge is 0.191 e. The lowest BCUT2D eigenvalue weighted by Gasteiger charge is -2.39. The number of guanidine groups is 1. The van der Waals surface area contributed by atoms with Crippen LogP contribution in [0.2, 0.25) is 0 Å². The Morgan fingerprint density at radius 1 is 1.07 bits per heavy atom. The molecule has 2 heterocycles. The number of hydrogen-bond donors (Lipinski definition) is 2. The van der Waals surface area contributed by atoms with E-state index in [0.717, 1.165) is 57.4 Å². The molecule has 154 valence electrons. The van der Waals surface area contributed by atoms with Gasteiger partial charge in [-0.15, -0.1) is 24.0 Å². The second kappa shape index (κ2) is 12.0. The van der Waals surface area contributed by atoms with Crippen molar-refractivity contribution in [2.75, 3.05) is 51.2 Å². The van der Waals surface area contributed by atoms with Gasteiger partial charge in [-0.25, -0.2) is 0 Å². The molecule has 0 aliphatic carbocycles. The van der Waals surface area contributed by atoms with E-state index >= 15 is 0 Å². The molecule has 1 saturated heterocycles. The van der Waals surface area contributed by atoms with E-state index in [1.54, 1.807) is 6.26 Å². The Morgan fingerprint density at radius 2 is 1.82 bits per heavy atom. The molecule has 2 N–H and O–H groups in total. The Bertz CT molecular complexity index is 684. The lowest BCUT2D eigenvalue weighted by atomic mass is 10.2. The summed E-state index contributed by atoms with van der Waals surface area (Å²) in [5, 5.41) is 6.79. The Labute approximate surface area is 185 Å². The fraction of sp³-hybridized carbons (Fsp3) is 0.476. The van der Waals surface area contributed by atoms with Gasteiger partial charge in [0.2, 0.25) is 0 Å². The van der Waals surface area contributed by atoms with E-state index in [1.807, 2.05) is 19.2 Å². The molecule has 0 radical (unpaired) electrons. The maximum atomic E-state index is 5.36. The van der Waals surface area contributed by atoms with Gasteiger partial charge >= 0.3 is 0 Å². The SMILES string of the molecule is CN=C(NCCc1ccco1)NCC(C)N1CCN(c2ccccc2)CC1.I. The monoisotopic (exact) mass is 497 g/mol. The molecule has 0 spiro atoms. The molecule has 2 aromatic rings.